The Morgan fingerprint density at radius 2 is 2.00 bits per heavy atom. The third kappa shape index (κ3) is 1.04. The number of hydrogen-bond acceptors (Lipinski definition) is 7. The molecule has 0 spiro atoms. The highest BCUT2D eigenvalue weighted by atomic mass is 16.5. The van der Waals surface area contributed by atoms with Gasteiger partial charge in [-0.3, -0.25) is 9.80 Å². The van der Waals surface area contributed by atoms with E-state index in [9.17, 15) is 4.79 Å². The number of hydrogen-bond donors (Lipinski definition) is 0. The molecule has 0 N–H and O–H groups in total. The van der Waals surface area contributed by atoms with E-state index < -0.39 is 0 Å². The number of fused-ring (bicyclic) bond motifs is 8. The Balaban J connectivity index is 1.57. The van der Waals surface area contributed by atoms with Crippen molar-refractivity contribution in [1.82, 2.24) is 5.01 Å². The average molecular weight is 235 g/mol. The number of carbonyl (C=O) groups excluding carboxylic acids is 1. The van der Waals surface area contributed by atoms with Gasteiger partial charge in [-0.25, -0.2) is 0 Å². The zero-order valence-electron chi connectivity index (χ0n) is 9.43. The predicted molar refractivity (Wildman–Crippen MR) is 55.2 cm³/mol. The molecule has 0 amide bonds. The van der Waals surface area contributed by atoms with Gasteiger partial charge < -0.3 is 4.74 Å². The van der Waals surface area contributed by atoms with Crippen molar-refractivity contribution >= 4 is 5.97 Å². The summed E-state index contributed by atoms with van der Waals surface area (Å²) in [5, 5.41) is 18.6. The van der Waals surface area contributed by atoms with Crippen LogP contribution in [0.15, 0.2) is 20.6 Å². The summed E-state index contributed by atoms with van der Waals surface area (Å²) in [6, 6.07) is 1.17. The summed E-state index contributed by atoms with van der Waals surface area (Å²) >= 11 is 0. The molecule has 0 aromatic carbocycles. The van der Waals surface area contributed by atoms with Crippen LogP contribution in [0.25, 0.3) is 0 Å². The molecular weight excluding hydrogens is 222 g/mol. The fourth-order valence-corrected chi connectivity index (χ4v) is 3.75. The van der Waals surface area contributed by atoms with Crippen molar-refractivity contribution in [3.05, 3.63) is 0 Å². The molecule has 2 saturated carbocycles. The SMILES string of the molecule is COC(=O)CN1N=N[C@H]2[C@H]3C[C@H]([C@@H]4N=N[C@H]34)[C@H]21. The van der Waals surface area contributed by atoms with E-state index in [-0.39, 0.29) is 24.6 Å². The predicted octanol–water partition coefficient (Wildman–Crippen LogP) is 0.432. The van der Waals surface area contributed by atoms with Gasteiger partial charge in [-0.2, -0.15) is 15.3 Å². The largest absolute Gasteiger partial charge is 0.468 e. The average Bonchev–Trinajstić information content (AvgIpc) is 2.87. The number of methoxy groups -OCH3 is 1. The minimum atomic E-state index is -0.265. The van der Waals surface area contributed by atoms with Crippen LogP contribution in [0.5, 0.6) is 0 Å². The second kappa shape index (κ2) is 3.02. The molecular formula is C10H13N5O2. The highest BCUT2D eigenvalue weighted by Crippen LogP contribution is 2.55. The quantitative estimate of drug-likeness (QED) is 0.651. The van der Waals surface area contributed by atoms with Crippen LogP contribution in [-0.4, -0.2) is 48.8 Å². The Labute approximate surface area is 97.9 Å². The molecule has 4 aliphatic rings. The summed E-state index contributed by atoms with van der Waals surface area (Å²) in [5.41, 5.74) is 0. The maximum absolute atomic E-state index is 11.3. The number of rotatable bonds is 2. The summed E-state index contributed by atoms with van der Waals surface area (Å²) in [5.74, 6) is 0.685. The van der Waals surface area contributed by atoms with Gasteiger partial charge in [0.25, 0.3) is 0 Å². The first-order valence-corrected chi connectivity index (χ1v) is 5.94. The molecule has 2 fully saturated rings. The van der Waals surface area contributed by atoms with E-state index in [0.29, 0.717) is 23.9 Å². The topological polar surface area (TPSA) is 79.0 Å². The van der Waals surface area contributed by atoms with Crippen LogP contribution in [-0.2, 0) is 9.53 Å². The van der Waals surface area contributed by atoms with Crippen molar-refractivity contribution < 1.29 is 9.53 Å². The third-order valence-electron chi connectivity index (χ3n) is 4.49. The first-order valence-electron chi connectivity index (χ1n) is 5.94. The van der Waals surface area contributed by atoms with E-state index in [1.807, 2.05) is 0 Å². The van der Waals surface area contributed by atoms with E-state index >= 15 is 0 Å². The van der Waals surface area contributed by atoms with Crippen molar-refractivity contribution in [1.29, 1.82) is 0 Å². The molecule has 0 aromatic heterocycles. The molecule has 0 aromatic rings. The lowest BCUT2D eigenvalue weighted by Crippen LogP contribution is -2.52. The Bertz CT molecular complexity index is 436. The van der Waals surface area contributed by atoms with Crippen LogP contribution in [0.1, 0.15) is 6.42 Å². The number of carbonyl (C=O) groups is 1. The summed E-state index contributed by atoms with van der Waals surface area (Å²) in [7, 11) is 1.39. The highest BCUT2D eigenvalue weighted by Gasteiger charge is 2.65. The molecule has 0 unspecified atom stereocenters. The molecule has 0 radical (unpaired) electrons. The molecule has 0 saturated heterocycles. The van der Waals surface area contributed by atoms with E-state index in [4.69, 9.17) is 0 Å². The maximum Gasteiger partial charge on any atom is 0.327 e. The molecule has 90 valence electrons. The molecule has 7 nitrogen and oxygen atoms in total. The summed E-state index contributed by atoms with van der Waals surface area (Å²) in [4.78, 5) is 11.3. The van der Waals surface area contributed by atoms with Gasteiger partial charge in [-0.1, -0.05) is 5.22 Å². The highest BCUT2D eigenvalue weighted by molar-refractivity contribution is 5.71. The van der Waals surface area contributed by atoms with Gasteiger partial charge in [-0.05, 0) is 6.42 Å². The Hall–Kier alpha value is -1.53. The first-order chi connectivity index (χ1) is 8.29. The van der Waals surface area contributed by atoms with Gasteiger partial charge >= 0.3 is 5.97 Å². The zero-order chi connectivity index (χ0) is 11.6. The number of esters is 1. The third-order valence-corrected chi connectivity index (χ3v) is 4.49. The van der Waals surface area contributed by atoms with Crippen LogP contribution in [0.3, 0.4) is 0 Å². The Kier molecular flexibility index (Phi) is 1.69. The normalized spacial score (nSPS) is 47.9. The van der Waals surface area contributed by atoms with Gasteiger partial charge in [0.2, 0.25) is 0 Å². The minimum Gasteiger partial charge on any atom is -0.468 e. The number of nitrogens with zero attached hydrogens (tertiary/aromatic N) is 5. The molecule has 2 aliphatic heterocycles. The van der Waals surface area contributed by atoms with Crippen molar-refractivity contribution in [2.24, 2.45) is 32.4 Å². The van der Waals surface area contributed by atoms with E-state index in [0.717, 1.165) is 6.42 Å². The van der Waals surface area contributed by atoms with Crippen LogP contribution in [0.2, 0.25) is 0 Å². The van der Waals surface area contributed by atoms with Gasteiger partial charge in [0, 0.05) is 11.8 Å². The molecule has 2 heterocycles. The lowest BCUT2D eigenvalue weighted by molar-refractivity contribution is -0.142. The van der Waals surface area contributed by atoms with Gasteiger partial charge in [0.1, 0.15) is 24.7 Å². The Morgan fingerprint density at radius 3 is 2.71 bits per heavy atom. The molecule has 7 heteroatoms. The van der Waals surface area contributed by atoms with Crippen LogP contribution >= 0.6 is 0 Å². The molecule has 4 rings (SSSR count). The van der Waals surface area contributed by atoms with E-state index in [2.05, 4.69) is 25.3 Å². The number of azo groups is 1. The fourth-order valence-electron chi connectivity index (χ4n) is 3.75. The van der Waals surface area contributed by atoms with Crippen molar-refractivity contribution in [2.75, 3.05) is 13.7 Å². The first kappa shape index (κ1) is 9.49. The van der Waals surface area contributed by atoms with E-state index in [1.54, 1.807) is 5.01 Å². The van der Waals surface area contributed by atoms with Gasteiger partial charge in [0.05, 0.1) is 13.2 Å². The van der Waals surface area contributed by atoms with Crippen LogP contribution in [0.4, 0.5) is 0 Å². The monoisotopic (exact) mass is 235 g/mol. The smallest absolute Gasteiger partial charge is 0.327 e. The summed E-state index contributed by atoms with van der Waals surface area (Å²) in [6.07, 6.45) is 1.12. The van der Waals surface area contributed by atoms with E-state index in [1.165, 1.54) is 7.11 Å². The second-order valence-electron chi connectivity index (χ2n) is 5.14. The van der Waals surface area contributed by atoms with Crippen LogP contribution < -0.4 is 0 Å². The van der Waals surface area contributed by atoms with Crippen LogP contribution in [0, 0.1) is 11.8 Å². The van der Waals surface area contributed by atoms with Crippen molar-refractivity contribution in [3.63, 3.8) is 0 Å². The summed E-state index contributed by atoms with van der Waals surface area (Å²) in [6.45, 7) is 0.193. The Morgan fingerprint density at radius 1 is 1.24 bits per heavy atom. The van der Waals surface area contributed by atoms with Gasteiger partial charge in [0.15, 0.2) is 0 Å². The molecule has 6 atom stereocenters. The van der Waals surface area contributed by atoms with Crippen molar-refractivity contribution in [3.8, 4) is 0 Å². The molecule has 2 bridgehead atoms. The second-order valence-corrected chi connectivity index (χ2v) is 5.14. The molecule has 17 heavy (non-hydrogen) atoms. The summed E-state index contributed by atoms with van der Waals surface area (Å²) < 4.78 is 4.68. The fraction of sp³-hybridized carbons (Fsp3) is 0.900. The standard InChI is InChI=1S/C10H13N5O2/c1-17-6(16)3-15-10-5-2-4(9(10)13-14-15)7-8(5)12-11-7/h4-5,7-10H,2-3H2,1H3/t4-,5+,7+,8-,9-,10+/m0/s1. The minimum absolute atomic E-state index is 0.193. The lowest BCUT2D eigenvalue weighted by Gasteiger charge is -2.38. The lowest BCUT2D eigenvalue weighted by atomic mass is 9.82. The van der Waals surface area contributed by atoms with Gasteiger partial charge in [-0.15, -0.1) is 0 Å². The van der Waals surface area contributed by atoms with Crippen molar-refractivity contribution in [2.45, 2.75) is 30.6 Å². The maximum atomic E-state index is 11.3. The zero-order valence-corrected chi connectivity index (χ0v) is 9.43. The molecule has 2 aliphatic carbocycles. The number of ether oxygens (including phenoxy) is 1.